The Bertz CT molecular complexity index is 705. The second-order valence-corrected chi connectivity index (χ2v) is 10.7. The summed E-state index contributed by atoms with van der Waals surface area (Å²) in [5, 5.41) is 0. The van der Waals surface area contributed by atoms with Crippen molar-refractivity contribution in [3.05, 3.63) is 0 Å². The van der Waals surface area contributed by atoms with Crippen molar-refractivity contribution >= 4 is 11.9 Å². The van der Waals surface area contributed by atoms with Gasteiger partial charge in [0.25, 0.3) is 0 Å². The van der Waals surface area contributed by atoms with Crippen molar-refractivity contribution in [3.8, 4) is 0 Å². The Balaban J connectivity index is 1.39. The highest BCUT2D eigenvalue weighted by atomic mass is 16.6. The summed E-state index contributed by atoms with van der Waals surface area (Å²) in [4.78, 5) is 23.1. The van der Waals surface area contributed by atoms with Gasteiger partial charge in [-0.05, 0) is 62.7 Å². The lowest BCUT2D eigenvalue weighted by Crippen LogP contribution is -2.59. The fourth-order valence-corrected chi connectivity index (χ4v) is 8.32. The number of hydrogen-bond donors (Lipinski definition) is 0. The highest BCUT2D eigenvalue weighted by Crippen LogP contribution is 2.73. The predicted octanol–water partition coefficient (Wildman–Crippen LogP) is 4.02. The summed E-state index contributed by atoms with van der Waals surface area (Å²) in [6.07, 6.45) is 8.95. The van der Waals surface area contributed by atoms with Crippen LogP contribution in [0.5, 0.6) is 0 Å². The lowest BCUT2D eigenvalue weighted by Gasteiger charge is -2.59. The number of fused-ring (bicyclic) bond motifs is 4. The van der Waals surface area contributed by atoms with Crippen LogP contribution < -0.4 is 0 Å². The summed E-state index contributed by atoms with van der Waals surface area (Å²) in [5.74, 6) is 1.64. The van der Waals surface area contributed by atoms with Crippen LogP contribution in [-0.4, -0.2) is 35.9 Å². The fourth-order valence-electron chi connectivity index (χ4n) is 8.32. The molecule has 4 aliphatic carbocycles. The third kappa shape index (κ3) is 2.41. The summed E-state index contributed by atoms with van der Waals surface area (Å²) < 4.78 is 17.8. The molecule has 1 aliphatic heterocycles. The number of epoxide rings is 1. The van der Waals surface area contributed by atoms with Gasteiger partial charge in [-0.25, -0.2) is 0 Å². The third-order valence-electron chi connectivity index (χ3n) is 9.59. The molecular formula is C23H34O5. The van der Waals surface area contributed by atoms with Gasteiger partial charge in [0.15, 0.2) is 0 Å². The predicted molar refractivity (Wildman–Crippen MR) is 102 cm³/mol. The van der Waals surface area contributed by atoms with Gasteiger partial charge in [-0.2, -0.15) is 0 Å². The molecule has 5 heteroatoms. The van der Waals surface area contributed by atoms with Crippen LogP contribution in [0.1, 0.15) is 79.1 Å². The molecule has 0 aromatic heterocycles. The Kier molecular flexibility index (Phi) is 4.02. The van der Waals surface area contributed by atoms with E-state index in [4.69, 9.17) is 14.2 Å². The Hall–Kier alpha value is -1.10. The quantitative estimate of drug-likeness (QED) is 0.526. The second-order valence-electron chi connectivity index (χ2n) is 10.7. The van der Waals surface area contributed by atoms with Crippen molar-refractivity contribution < 1.29 is 23.8 Å². The van der Waals surface area contributed by atoms with Gasteiger partial charge in [0, 0.05) is 31.1 Å². The molecule has 0 bridgehead atoms. The van der Waals surface area contributed by atoms with Crippen molar-refractivity contribution in [1.29, 1.82) is 0 Å². The lowest BCUT2D eigenvalue weighted by atomic mass is 9.45. The molecule has 4 unspecified atom stereocenters. The Labute approximate surface area is 167 Å². The molecule has 1 heterocycles. The van der Waals surface area contributed by atoms with Gasteiger partial charge >= 0.3 is 11.9 Å². The first-order chi connectivity index (χ1) is 13.2. The molecule has 0 N–H and O–H groups in total. The van der Waals surface area contributed by atoms with E-state index in [9.17, 15) is 9.59 Å². The van der Waals surface area contributed by atoms with Crippen LogP contribution in [0.15, 0.2) is 0 Å². The molecule has 5 nitrogen and oxygen atoms in total. The monoisotopic (exact) mass is 390 g/mol. The molecule has 4 saturated carbocycles. The maximum absolute atomic E-state index is 11.6. The zero-order chi connectivity index (χ0) is 19.9. The molecular weight excluding hydrogens is 356 g/mol. The molecule has 0 aromatic carbocycles. The topological polar surface area (TPSA) is 65.1 Å². The van der Waals surface area contributed by atoms with Crippen LogP contribution in [0.25, 0.3) is 0 Å². The minimum absolute atomic E-state index is 0.0146. The van der Waals surface area contributed by atoms with E-state index in [-0.39, 0.29) is 40.6 Å². The molecule has 5 aliphatic rings. The van der Waals surface area contributed by atoms with Gasteiger partial charge in [-0.1, -0.05) is 13.8 Å². The molecule has 156 valence electrons. The molecule has 0 amide bonds. The maximum Gasteiger partial charge on any atom is 0.302 e. The molecule has 1 spiro atoms. The zero-order valence-electron chi connectivity index (χ0n) is 17.7. The molecule has 0 radical (unpaired) electrons. The van der Waals surface area contributed by atoms with E-state index in [2.05, 4.69) is 13.8 Å². The van der Waals surface area contributed by atoms with E-state index in [1.807, 2.05) is 0 Å². The number of carbonyl (C=O) groups excluding carboxylic acids is 2. The van der Waals surface area contributed by atoms with Crippen molar-refractivity contribution in [1.82, 2.24) is 0 Å². The van der Waals surface area contributed by atoms with Gasteiger partial charge in [0.2, 0.25) is 0 Å². The summed E-state index contributed by atoms with van der Waals surface area (Å²) in [5.41, 5.74) is 0.222. The van der Waals surface area contributed by atoms with E-state index < -0.39 is 0 Å². The molecule has 0 aromatic rings. The van der Waals surface area contributed by atoms with E-state index >= 15 is 0 Å². The average molecular weight is 391 g/mol. The Morgan fingerprint density at radius 3 is 2.39 bits per heavy atom. The molecule has 1 saturated heterocycles. The van der Waals surface area contributed by atoms with Crippen LogP contribution in [0.2, 0.25) is 0 Å². The minimum Gasteiger partial charge on any atom is -0.462 e. The first kappa shape index (κ1) is 18.9. The van der Waals surface area contributed by atoms with Crippen LogP contribution in [0.3, 0.4) is 0 Å². The normalized spacial score (nSPS) is 53.9. The molecule has 28 heavy (non-hydrogen) atoms. The van der Waals surface area contributed by atoms with Crippen molar-refractivity contribution in [2.75, 3.05) is 0 Å². The first-order valence-corrected chi connectivity index (χ1v) is 11.2. The van der Waals surface area contributed by atoms with Gasteiger partial charge in [0.1, 0.15) is 17.8 Å². The molecule has 9 atom stereocenters. The summed E-state index contributed by atoms with van der Waals surface area (Å²) in [7, 11) is 0. The number of rotatable bonds is 2. The smallest absolute Gasteiger partial charge is 0.302 e. The summed E-state index contributed by atoms with van der Waals surface area (Å²) in [6.45, 7) is 7.87. The zero-order valence-corrected chi connectivity index (χ0v) is 17.7. The van der Waals surface area contributed by atoms with E-state index in [0.717, 1.165) is 38.5 Å². The average Bonchev–Trinajstić information content (AvgIpc) is 3.20. The van der Waals surface area contributed by atoms with E-state index in [1.165, 1.54) is 26.7 Å². The SMILES string of the molecule is CC(=O)OC1CC[C@]2(C)[C@H]3CC[C@]4(C)C(OC(C)=O)CC[C@H]4[C@@H]3CC3OC32C1. The van der Waals surface area contributed by atoms with Crippen LogP contribution in [0, 0.1) is 28.6 Å². The molecule has 5 rings (SSSR count). The largest absolute Gasteiger partial charge is 0.462 e. The van der Waals surface area contributed by atoms with E-state index in [1.54, 1.807) is 0 Å². The lowest BCUT2D eigenvalue weighted by molar-refractivity contribution is -0.164. The van der Waals surface area contributed by atoms with Crippen LogP contribution in [0.4, 0.5) is 0 Å². The van der Waals surface area contributed by atoms with Gasteiger partial charge < -0.3 is 14.2 Å². The van der Waals surface area contributed by atoms with Gasteiger partial charge in [0.05, 0.1) is 6.10 Å². The standard InChI is InChI=1S/C23H34O5/c1-13(24)26-15-7-10-22(4)18-8-9-21(3)17(5-6-19(21)27-14(2)25)16(18)11-20-23(22,12-15)28-20/h15-20H,5-12H2,1-4H3/t15?,16-,17-,18-,19?,20?,21-,22+,23?/m0/s1. The summed E-state index contributed by atoms with van der Waals surface area (Å²) >= 11 is 0. The van der Waals surface area contributed by atoms with Crippen molar-refractivity contribution in [3.63, 3.8) is 0 Å². The highest BCUT2D eigenvalue weighted by Gasteiger charge is 2.76. The van der Waals surface area contributed by atoms with Crippen LogP contribution >= 0.6 is 0 Å². The highest BCUT2D eigenvalue weighted by molar-refractivity contribution is 5.66. The molecule has 5 fully saturated rings. The first-order valence-electron chi connectivity index (χ1n) is 11.2. The van der Waals surface area contributed by atoms with Crippen molar-refractivity contribution in [2.45, 2.75) is 103 Å². The minimum atomic E-state index is -0.174. The van der Waals surface area contributed by atoms with Gasteiger partial charge in [-0.3, -0.25) is 9.59 Å². The Morgan fingerprint density at radius 1 is 0.929 bits per heavy atom. The summed E-state index contributed by atoms with van der Waals surface area (Å²) in [6, 6.07) is 0. The number of ether oxygens (including phenoxy) is 3. The van der Waals surface area contributed by atoms with Gasteiger partial charge in [-0.15, -0.1) is 0 Å². The van der Waals surface area contributed by atoms with E-state index in [0.29, 0.717) is 23.9 Å². The Morgan fingerprint density at radius 2 is 1.68 bits per heavy atom. The number of hydrogen-bond acceptors (Lipinski definition) is 5. The van der Waals surface area contributed by atoms with Crippen molar-refractivity contribution in [2.24, 2.45) is 28.6 Å². The number of esters is 2. The number of carbonyl (C=O) groups is 2. The fraction of sp³-hybridized carbons (Fsp3) is 0.913. The van der Waals surface area contributed by atoms with Crippen LogP contribution in [-0.2, 0) is 23.8 Å². The third-order valence-corrected chi connectivity index (χ3v) is 9.59. The second kappa shape index (κ2) is 5.96. The maximum atomic E-state index is 11.6.